The molecule has 0 spiro atoms. The highest BCUT2D eigenvalue weighted by molar-refractivity contribution is 7.20. The van der Waals surface area contributed by atoms with Gasteiger partial charge < -0.3 is 5.73 Å². The highest BCUT2D eigenvalue weighted by atomic mass is 35.5. The molecule has 2 aromatic heterocycles. The third kappa shape index (κ3) is 1.13. The Hall–Kier alpha value is -0.580. The molecule has 0 bridgehead atoms. The van der Waals surface area contributed by atoms with E-state index in [1.165, 1.54) is 11.3 Å². The van der Waals surface area contributed by atoms with Crippen LogP contribution in [0.3, 0.4) is 0 Å². The molecule has 0 saturated carbocycles. The van der Waals surface area contributed by atoms with E-state index < -0.39 is 0 Å². The van der Waals surface area contributed by atoms with E-state index in [2.05, 4.69) is 4.98 Å². The second-order valence-corrected chi connectivity index (χ2v) is 3.80. The standard InChI is InChI=1S/C6H6ClN3S/c7-5-3-10-2-4(1-8)9-6(10)11-5/h2-3H,1,8H2. The zero-order valence-corrected chi connectivity index (χ0v) is 7.19. The number of fused-ring (bicyclic) bond motifs is 1. The summed E-state index contributed by atoms with van der Waals surface area (Å²) < 4.78 is 2.63. The molecule has 0 aromatic carbocycles. The Morgan fingerprint density at radius 1 is 1.64 bits per heavy atom. The molecule has 0 aliphatic rings. The largest absolute Gasteiger partial charge is 0.325 e. The van der Waals surface area contributed by atoms with Crippen LogP contribution in [0.2, 0.25) is 4.34 Å². The second-order valence-electron chi connectivity index (χ2n) is 2.16. The topological polar surface area (TPSA) is 43.3 Å². The van der Waals surface area contributed by atoms with Crippen LogP contribution in [0.5, 0.6) is 0 Å². The van der Waals surface area contributed by atoms with E-state index in [1.54, 1.807) is 0 Å². The fourth-order valence-corrected chi connectivity index (χ4v) is 1.94. The SMILES string of the molecule is NCc1cn2cc(Cl)sc2n1. The molecule has 0 amide bonds. The Morgan fingerprint density at radius 2 is 2.45 bits per heavy atom. The third-order valence-corrected chi connectivity index (χ3v) is 2.50. The smallest absolute Gasteiger partial charge is 0.195 e. The number of imidazole rings is 1. The summed E-state index contributed by atoms with van der Waals surface area (Å²) in [7, 11) is 0. The van der Waals surface area contributed by atoms with Gasteiger partial charge in [-0.1, -0.05) is 22.9 Å². The quantitative estimate of drug-likeness (QED) is 0.736. The van der Waals surface area contributed by atoms with Crippen LogP contribution in [-0.2, 0) is 6.54 Å². The van der Waals surface area contributed by atoms with E-state index in [4.69, 9.17) is 17.3 Å². The molecule has 0 aliphatic heterocycles. The van der Waals surface area contributed by atoms with Gasteiger partial charge in [0.05, 0.1) is 5.69 Å². The van der Waals surface area contributed by atoms with Gasteiger partial charge in [0, 0.05) is 18.9 Å². The summed E-state index contributed by atoms with van der Waals surface area (Å²) in [6.45, 7) is 0.478. The molecule has 58 valence electrons. The molecule has 0 fully saturated rings. The van der Waals surface area contributed by atoms with Gasteiger partial charge in [0.2, 0.25) is 0 Å². The number of aromatic nitrogens is 2. The Labute approximate surface area is 72.4 Å². The minimum atomic E-state index is 0.478. The van der Waals surface area contributed by atoms with Crippen LogP contribution in [-0.4, -0.2) is 9.38 Å². The van der Waals surface area contributed by atoms with Gasteiger partial charge in [-0.25, -0.2) is 4.98 Å². The monoisotopic (exact) mass is 187 g/mol. The number of thiazole rings is 1. The fourth-order valence-electron chi connectivity index (χ4n) is 0.914. The Balaban J connectivity index is 2.64. The molecule has 5 heteroatoms. The van der Waals surface area contributed by atoms with Crippen LogP contribution in [0.25, 0.3) is 4.96 Å². The molecule has 0 unspecified atom stereocenters. The molecule has 2 aromatic rings. The first-order chi connectivity index (χ1) is 5.29. The van der Waals surface area contributed by atoms with Crippen molar-refractivity contribution in [3.8, 4) is 0 Å². The van der Waals surface area contributed by atoms with Crippen molar-refractivity contribution in [1.82, 2.24) is 9.38 Å². The Morgan fingerprint density at radius 3 is 3.09 bits per heavy atom. The van der Waals surface area contributed by atoms with Gasteiger partial charge in [0.1, 0.15) is 4.34 Å². The van der Waals surface area contributed by atoms with Crippen molar-refractivity contribution in [2.75, 3.05) is 0 Å². The summed E-state index contributed by atoms with van der Waals surface area (Å²) in [6, 6.07) is 0. The molecule has 3 nitrogen and oxygen atoms in total. The zero-order chi connectivity index (χ0) is 7.84. The summed E-state index contributed by atoms with van der Waals surface area (Å²) in [5.74, 6) is 0. The molecular weight excluding hydrogens is 182 g/mol. The summed E-state index contributed by atoms with van der Waals surface area (Å²) in [5, 5.41) is 0. The van der Waals surface area contributed by atoms with E-state index >= 15 is 0 Å². The molecule has 2 heterocycles. The van der Waals surface area contributed by atoms with Crippen molar-refractivity contribution in [2.45, 2.75) is 6.54 Å². The van der Waals surface area contributed by atoms with E-state index in [0.717, 1.165) is 15.0 Å². The average molecular weight is 188 g/mol. The number of nitrogens with zero attached hydrogens (tertiary/aromatic N) is 2. The van der Waals surface area contributed by atoms with Crippen molar-refractivity contribution < 1.29 is 0 Å². The van der Waals surface area contributed by atoms with Crippen LogP contribution in [0, 0.1) is 0 Å². The second kappa shape index (κ2) is 2.48. The van der Waals surface area contributed by atoms with Crippen molar-refractivity contribution in [3.05, 3.63) is 22.4 Å². The van der Waals surface area contributed by atoms with Crippen LogP contribution >= 0.6 is 22.9 Å². The van der Waals surface area contributed by atoms with Crippen LogP contribution in [0.4, 0.5) is 0 Å². The highest BCUT2D eigenvalue weighted by Gasteiger charge is 2.02. The van der Waals surface area contributed by atoms with Crippen LogP contribution in [0.1, 0.15) is 5.69 Å². The van der Waals surface area contributed by atoms with Gasteiger partial charge in [-0.2, -0.15) is 0 Å². The number of hydrogen-bond donors (Lipinski definition) is 1. The van der Waals surface area contributed by atoms with Gasteiger partial charge in [-0.15, -0.1) is 0 Å². The number of halogens is 1. The molecule has 2 N–H and O–H groups in total. The minimum absolute atomic E-state index is 0.478. The maximum atomic E-state index is 5.75. The summed E-state index contributed by atoms with van der Waals surface area (Å²) in [6.07, 6.45) is 3.71. The van der Waals surface area contributed by atoms with Gasteiger partial charge in [0.25, 0.3) is 0 Å². The fraction of sp³-hybridized carbons (Fsp3) is 0.167. The highest BCUT2D eigenvalue weighted by Crippen LogP contribution is 2.21. The maximum absolute atomic E-state index is 5.75. The third-order valence-electron chi connectivity index (χ3n) is 1.39. The zero-order valence-electron chi connectivity index (χ0n) is 5.62. The van der Waals surface area contributed by atoms with Crippen molar-refractivity contribution in [3.63, 3.8) is 0 Å². The molecule has 0 saturated heterocycles. The van der Waals surface area contributed by atoms with E-state index in [0.29, 0.717) is 6.54 Å². The first-order valence-electron chi connectivity index (χ1n) is 3.12. The molecule has 0 aliphatic carbocycles. The number of hydrogen-bond acceptors (Lipinski definition) is 3. The van der Waals surface area contributed by atoms with Crippen molar-refractivity contribution in [2.24, 2.45) is 5.73 Å². The minimum Gasteiger partial charge on any atom is -0.325 e. The number of nitrogens with two attached hydrogens (primary N) is 1. The molecule has 11 heavy (non-hydrogen) atoms. The van der Waals surface area contributed by atoms with E-state index in [1.807, 2.05) is 16.8 Å². The summed E-state index contributed by atoms with van der Waals surface area (Å²) in [5.41, 5.74) is 6.30. The molecular formula is C6H6ClN3S. The summed E-state index contributed by atoms with van der Waals surface area (Å²) in [4.78, 5) is 5.12. The normalized spacial score (nSPS) is 11.1. The number of rotatable bonds is 1. The maximum Gasteiger partial charge on any atom is 0.195 e. The molecule has 0 atom stereocenters. The first kappa shape index (κ1) is 7.09. The predicted octanol–water partition coefficient (Wildman–Crippen LogP) is 1.51. The van der Waals surface area contributed by atoms with Gasteiger partial charge >= 0.3 is 0 Å². The molecule has 2 rings (SSSR count). The lowest BCUT2D eigenvalue weighted by molar-refractivity contribution is 1.02. The lowest BCUT2D eigenvalue weighted by Crippen LogP contribution is -1.95. The lowest BCUT2D eigenvalue weighted by atomic mass is 10.5. The van der Waals surface area contributed by atoms with Crippen LogP contribution < -0.4 is 5.73 Å². The van der Waals surface area contributed by atoms with Crippen molar-refractivity contribution in [1.29, 1.82) is 0 Å². The Bertz CT molecular complexity index is 346. The Kier molecular flexibility index (Phi) is 1.60. The van der Waals surface area contributed by atoms with E-state index in [-0.39, 0.29) is 0 Å². The van der Waals surface area contributed by atoms with Gasteiger partial charge in [-0.3, -0.25) is 4.40 Å². The van der Waals surface area contributed by atoms with Gasteiger partial charge in [-0.05, 0) is 0 Å². The first-order valence-corrected chi connectivity index (χ1v) is 4.32. The van der Waals surface area contributed by atoms with E-state index in [9.17, 15) is 0 Å². The average Bonchev–Trinajstić information content (AvgIpc) is 2.43. The predicted molar refractivity (Wildman–Crippen MR) is 46.0 cm³/mol. The van der Waals surface area contributed by atoms with Gasteiger partial charge in [0.15, 0.2) is 4.96 Å². The van der Waals surface area contributed by atoms with Crippen LogP contribution in [0.15, 0.2) is 12.4 Å². The summed E-state index contributed by atoms with van der Waals surface area (Å²) >= 11 is 7.20. The lowest BCUT2D eigenvalue weighted by Gasteiger charge is -1.80. The molecule has 0 radical (unpaired) electrons. The van der Waals surface area contributed by atoms with Crippen molar-refractivity contribution >= 4 is 27.9 Å².